The number of rotatable bonds is 9. The van der Waals surface area contributed by atoms with Gasteiger partial charge in [-0.25, -0.2) is 0 Å². The first kappa shape index (κ1) is 22.1. The second-order valence-electron chi connectivity index (χ2n) is 7.74. The summed E-state index contributed by atoms with van der Waals surface area (Å²) in [5, 5.41) is 3.02. The van der Waals surface area contributed by atoms with Crippen LogP contribution in [0.15, 0.2) is 48.5 Å². The average Bonchev–Trinajstić information content (AvgIpc) is 2.79. The van der Waals surface area contributed by atoms with E-state index in [2.05, 4.69) is 34.5 Å². The Balaban J connectivity index is 1.77. The molecule has 1 amide bonds. The van der Waals surface area contributed by atoms with Crippen LogP contribution >= 0.6 is 0 Å². The first-order valence-electron chi connectivity index (χ1n) is 10.4. The predicted octanol–water partition coefficient (Wildman–Crippen LogP) is 3.07. The molecule has 0 bridgehead atoms. The fourth-order valence-corrected chi connectivity index (χ4v) is 4.11. The molecule has 2 aromatic carbocycles. The maximum absolute atomic E-state index is 12.8. The summed E-state index contributed by atoms with van der Waals surface area (Å²) in [4.78, 5) is 15.2. The monoisotopic (exact) mass is 412 g/mol. The topological polar surface area (TPSA) is 60.0 Å². The van der Waals surface area contributed by atoms with Gasteiger partial charge in [-0.1, -0.05) is 30.3 Å². The fourth-order valence-electron chi connectivity index (χ4n) is 4.11. The third kappa shape index (κ3) is 5.97. The van der Waals surface area contributed by atoms with Crippen molar-refractivity contribution in [3.05, 3.63) is 59.7 Å². The summed E-state index contributed by atoms with van der Waals surface area (Å²) in [6.45, 7) is 3.43. The molecule has 1 aliphatic rings. The number of benzene rings is 2. The summed E-state index contributed by atoms with van der Waals surface area (Å²) in [5.74, 6) is 1.89. The average molecular weight is 413 g/mol. The number of carbonyl (C=O) groups is 1. The molecule has 6 heteroatoms. The number of nitrogens with zero attached hydrogens (tertiary/aromatic N) is 1. The minimum atomic E-state index is -0.0617. The second kappa shape index (κ2) is 11.0. The molecule has 2 unspecified atom stereocenters. The van der Waals surface area contributed by atoms with Crippen LogP contribution in [-0.4, -0.2) is 58.4 Å². The van der Waals surface area contributed by atoms with E-state index in [1.807, 2.05) is 24.3 Å². The molecule has 2 atom stereocenters. The van der Waals surface area contributed by atoms with Crippen molar-refractivity contribution < 1.29 is 19.0 Å². The van der Waals surface area contributed by atoms with Gasteiger partial charge < -0.3 is 19.5 Å². The van der Waals surface area contributed by atoms with E-state index >= 15 is 0 Å². The Hall–Kier alpha value is -2.57. The van der Waals surface area contributed by atoms with Gasteiger partial charge in [0.25, 0.3) is 0 Å². The number of carbonyl (C=O) groups excluding carboxylic acids is 1. The minimum Gasteiger partial charge on any atom is -0.497 e. The molecule has 0 aliphatic carbocycles. The lowest BCUT2D eigenvalue weighted by molar-refractivity contribution is -0.127. The molecular weight excluding hydrogens is 380 g/mol. The molecule has 1 N–H and O–H groups in total. The maximum atomic E-state index is 12.8. The van der Waals surface area contributed by atoms with E-state index in [-0.39, 0.29) is 11.8 Å². The largest absolute Gasteiger partial charge is 0.497 e. The summed E-state index contributed by atoms with van der Waals surface area (Å²) >= 11 is 0. The lowest BCUT2D eigenvalue weighted by atomic mass is 9.84. The van der Waals surface area contributed by atoms with Crippen LogP contribution in [0.1, 0.15) is 23.5 Å². The Labute approximate surface area is 179 Å². The zero-order valence-corrected chi connectivity index (χ0v) is 18.1. The normalized spacial score (nSPS) is 19.3. The number of methoxy groups -OCH3 is 3. The van der Waals surface area contributed by atoms with Crippen molar-refractivity contribution in [3.8, 4) is 11.5 Å². The third-order valence-corrected chi connectivity index (χ3v) is 5.59. The van der Waals surface area contributed by atoms with Crippen LogP contribution in [0, 0.1) is 5.92 Å². The molecule has 30 heavy (non-hydrogen) atoms. The summed E-state index contributed by atoms with van der Waals surface area (Å²) in [6, 6.07) is 16.4. The molecule has 1 fully saturated rings. The van der Waals surface area contributed by atoms with Crippen LogP contribution in [0.4, 0.5) is 0 Å². The SMILES string of the molecule is COCCNC(=O)C1CC(c2ccccc2)CN(Cc2cc(OC)cc(OC)c2)C1. The Bertz CT molecular complexity index is 790. The zero-order valence-electron chi connectivity index (χ0n) is 18.1. The van der Waals surface area contributed by atoms with Gasteiger partial charge in [0, 0.05) is 39.4 Å². The molecule has 2 aromatic rings. The highest BCUT2D eigenvalue weighted by molar-refractivity contribution is 5.79. The third-order valence-electron chi connectivity index (χ3n) is 5.59. The van der Waals surface area contributed by atoms with Gasteiger partial charge in [0.15, 0.2) is 0 Å². The second-order valence-corrected chi connectivity index (χ2v) is 7.74. The van der Waals surface area contributed by atoms with Gasteiger partial charge in [0.2, 0.25) is 5.91 Å². The Morgan fingerprint density at radius 1 is 1.03 bits per heavy atom. The van der Waals surface area contributed by atoms with Gasteiger partial charge in [-0.2, -0.15) is 0 Å². The van der Waals surface area contributed by atoms with Gasteiger partial charge >= 0.3 is 0 Å². The van der Waals surface area contributed by atoms with E-state index in [0.717, 1.165) is 43.1 Å². The summed E-state index contributed by atoms with van der Waals surface area (Å²) in [5.41, 5.74) is 2.39. The Kier molecular flexibility index (Phi) is 8.11. The molecule has 162 valence electrons. The summed E-state index contributed by atoms with van der Waals surface area (Å²) in [6.07, 6.45) is 0.848. The van der Waals surface area contributed by atoms with Gasteiger partial charge in [-0.15, -0.1) is 0 Å². The molecule has 0 aromatic heterocycles. The Morgan fingerprint density at radius 2 is 1.73 bits per heavy atom. The fraction of sp³-hybridized carbons (Fsp3) is 0.458. The molecule has 1 aliphatic heterocycles. The molecule has 1 saturated heterocycles. The van der Waals surface area contributed by atoms with Crippen molar-refractivity contribution >= 4 is 5.91 Å². The standard InChI is InChI=1S/C24H32N2O4/c1-28-10-9-25-24(27)21-13-20(19-7-5-4-6-8-19)16-26(17-21)15-18-11-22(29-2)14-23(12-18)30-3/h4-8,11-12,14,20-21H,9-10,13,15-17H2,1-3H3,(H,25,27). The smallest absolute Gasteiger partial charge is 0.224 e. The predicted molar refractivity (Wildman–Crippen MR) is 117 cm³/mol. The number of nitrogens with one attached hydrogen (secondary N) is 1. The number of hydrogen-bond acceptors (Lipinski definition) is 5. The van der Waals surface area contributed by atoms with E-state index in [1.54, 1.807) is 21.3 Å². The first-order chi connectivity index (χ1) is 14.6. The van der Waals surface area contributed by atoms with Crippen LogP contribution < -0.4 is 14.8 Å². The number of piperidine rings is 1. The lowest BCUT2D eigenvalue weighted by Gasteiger charge is -2.37. The van der Waals surface area contributed by atoms with Crippen molar-refractivity contribution in [1.82, 2.24) is 10.2 Å². The molecule has 6 nitrogen and oxygen atoms in total. The number of hydrogen-bond donors (Lipinski definition) is 1. The van der Waals surface area contributed by atoms with Crippen LogP contribution in [0.25, 0.3) is 0 Å². The van der Waals surface area contributed by atoms with Gasteiger partial charge in [-0.05, 0) is 35.6 Å². The minimum absolute atomic E-state index is 0.0617. The number of likely N-dealkylation sites (tertiary alicyclic amines) is 1. The van der Waals surface area contributed by atoms with E-state index in [4.69, 9.17) is 14.2 Å². The highest BCUT2D eigenvalue weighted by atomic mass is 16.5. The molecular formula is C24H32N2O4. The highest BCUT2D eigenvalue weighted by Crippen LogP contribution is 2.32. The van der Waals surface area contributed by atoms with E-state index < -0.39 is 0 Å². The molecule has 3 rings (SSSR count). The zero-order chi connectivity index (χ0) is 21.3. The van der Waals surface area contributed by atoms with Gasteiger partial charge in [0.1, 0.15) is 11.5 Å². The highest BCUT2D eigenvalue weighted by Gasteiger charge is 2.32. The van der Waals surface area contributed by atoms with Crippen molar-refractivity contribution in [1.29, 1.82) is 0 Å². The molecule has 0 saturated carbocycles. The molecule has 1 heterocycles. The number of ether oxygens (including phenoxy) is 3. The summed E-state index contributed by atoms with van der Waals surface area (Å²) in [7, 11) is 4.96. The van der Waals surface area contributed by atoms with E-state index in [0.29, 0.717) is 19.1 Å². The van der Waals surface area contributed by atoms with Crippen molar-refractivity contribution in [2.24, 2.45) is 5.92 Å². The van der Waals surface area contributed by atoms with E-state index in [9.17, 15) is 4.79 Å². The van der Waals surface area contributed by atoms with Crippen LogP contribution in [0.5, 0.6) is 11.5 Å². The first-order valence-corrected chi connectivity index (χ1v) is 10.4. The molecule has 0 spiro atoms. The quantitative estimate of drug-likeness (QED) is 0.642. The van der Waals surface area contributed by atoms with Gasteiger partial charge in [-0.3, -0.25) is 9.69 Å². The van der Waals surface area contributed by atoms with E-state index in [1.165, 1.54) is 5.56 Å². The van der Waals surface area contributed by atoms with Crippen molar-refractivity contribution in [3.63, 3.8) is 0 Å². The Morgan fingerprint density at radius 3 is 2.37 bits per heavy atom. The van der Waals surface area contributed by atoms with Gasteiger partial charge in [0.05, 0.1) is 26.7 Å². The summed E-state index contributed by atoms with van der Waals surface area (Å²) < 4.78 is 15.9. The van der Waals surface area contributed by atoms with Crippen LogP contribution in [0.2, 0.25) is 0 Å². The lowest BCUT2D eigenvalue weighted by Crippen LogP contribution is -2.46. The van der Waals surface area contributed by atoms with Crippen LogP contribution in [-0.2, 0) is 16.1 Å². The molecule has 0 radical (unpaired) electrons. The van der Waals surface area contributed by atoms with Crippen LogP contribution in [0.3, 0.4) is 0 Å². The maximum Gasteiger partial charge on any atom is 0.224 e. The van der Waals surface area contributed by atoms with Crippen molar-refractivity contribution in [2.45, 2.75) is 18.9 Å². The number of amides is 1. The van der Waals surface area contributed by atoms with Crippen molar-refractivity contribution in [2.75, 3.05) is 47.6 Å².